The summed E-state index contributed by atoms with van der Waals surface area (Å²) in [6, 6.07) is 9.82. The molecule has 2 aromatic heterocycles. The van der Waals surface area contributed by atoms with E-state index < -0.39 is 5.97 Å². The van der Waals surface area contributed by atoms with Crippen molar-refractivity contribution in [1.29, 1.82) is 0 Å². The maximum Gasteiger partial charge on any atom is 0.337 e. The number of aromatic nitrogens is 2. The van der Waals surface area contributed by atoms with Crippen molar-refractivity contribution in [3.8, 4) is 16.3 Å². The van der Waals surface area contributed by atoms with E-state index in [2.05, 4.69) is 18.9 Å². The summed E-state index contributed by atoms with van der Waals surface area (Å²) in [4.78, 5) is 14.3. The highest BCUT2D eigenvalue weighted by molar-refractivity contribution is 7.16. The van der Waals surface area contributed by atoms with Gasteiger partial charge in [0.25, 0.3) is 0 Å². The summed E-state index contributed by atoms with van der Waals surface area (Å²) < 4.78 is 7.22. The molecule has 0 bridgehead atoms. The minimum atomic E-state index is -0.866. The predicted octanol–water partition coefficient (Wildman–Crippen LogP) is 4.96. The van der Waals surface area contributed by atoms with Crippen LogP contribution in [0.2, 0.25) is 0 Å². The lowest BCUT2D eigenvalue weighted by molar-refractivity contribution is 0.0696. The third-order valence-electron chi connectivity index (χ3n) is 5.35. The smallest absolute Gasteiger partial charge is 0.337 e. The Bertz CT molecular complexity index is 1020. The van der Waals surface area contributed by atoms with Gasteiger partial charge in [-0.3, -0.25) is 0 Å². The van der Waals surface area contributed by atoms with Crippen LogP contribution in [0, 0.1) is 5.41 Å². The van der Waals surface area contributed by atoms with Crippen LogP contribution < -0.4 is 0 Å². The molecule has 6 heteroatoms. The number of para-hydroxylation sites is 1. The summed E-state index contributed by atoms with van der Waals surface area (Å²) in [6.07, 6.45) is 4.56. The molecule has 0 fully saturated rings. The van der Waals surface area contributed by atoms with E-state index in [1.165, 1.54) is 4.88 Å². The molecule has 1 aromatic carbocycles. The van der Waals surface area contributed by atoms with E-state index in [0.717, 1.165) is 46.6 Å². The molecule has 1 aliphatic rings. The van der Waals surface area contributed by atoms with Gasteiger partial charge >= 0.3 is 5.97 Å². The molecule has 1 N–H and O–H groups in total. The number of carboxylic acids is 1. The molecule has 2 heterocycles. The molecule has 0 unspecified atom stereocenters. The van der Waals surface area contributed by atoms with Crippen LogP contribution >= 0.6 is 11.3 Å². The summed E-state index contributed by atoms with van der Waals surface area (Å²) >= 11 is 1.60. The summed E-state index contributed by atoms with van der Waals surface area (Å²) in [5, 5.41) is 14.7. The van der Waals surface area contributed by atoms with E-state index >= 15 is 0 Å². The van der Waals surface area contributed by atoms with Crippen LogP contribution in [0.1, 0.15) is 46.6 Å². The third kappa shape index (κ3) is 3.27. The maximum absolute atomic E-state index is 12.3. The summed E-state index contributed by atoms with van der Waals surface area (Å²) in [7, 11) is 1.64. The molecule has 28 heavy (non-hydrogen) atoms. The van der Waals surface area contributed by atoms with Gasteiger partial charge in [-0.2, -0.15) is 5.10 Å². The minimum Gasteiger partial charge on any atom is -0.478 e. The first-order valence-electron chi connectivity index (χ1n) is 9.41. The van der Waals surface area contributed by atoms with Gasteiger partial charge in [-0.05, 0) is 42.4 Å². The Hall–Kier alpha value is -2.44. The molecule has 5 nitrogen and oxygen atoms in total. The van der Waals surface area contributed by atoms with Gasteiger partial charge in [0, 0.05) is 17.6 Å². The lowest BCUT2D eigenvalue weighted by atomic mass is 9.76. The molecule has 0 aliphatic heterocycles. The number of aryl methyl sites for hydroxylation is 1. The third-order valence-corrected chi connectivity index (χ3v) is 6.65. The zero-order valence-corrected chi connectivity index (χ0v) is 17.2. The second-order valence-electron chi connectivity index (χ2n) is 8.05. The maximum atomic E-state index is 12.3. The Morgan fingerprint density at radius 3 is 2.75 bits per heavy atom. The van der Waals surface area contributed by atoms with Gasteiger partial charge in [0.15, 0.2) is 0 Å². The molecule has 3 aromatic rings. The number of rotatable bonds is 5. The quantitative estimate of drug-likeness (QED) is 0.662. The number of methoxy groups -OCH3 is 1. The molecule has 146 valence electrons. The van der Waals surface area contributed by atoms with Crippen LogP contribution in [0.3, 0.4) is 0 Å². The fourth-order valence-electron chi connectivity index (χ4n) is 3.96. The van der Waals surface area contributed by atoms with Gasteiger partial charge in [0.2, 0.25) is 0 Å². The Morgan fingerprint density at radius 2 is 2.07 bits per heavy atom. The summed E-state index contributed by atoms with van der Waals surface area (Å²) in [5.41, 5.74) is 4.16. The van der Waals surface area contributed by atoms with Gasteiger partial charge in [-0.15, -0.1) is 11.3 Å². The van der Waals surface area contributed by atoms with Crippen molar-refractivity contribution < 1.29 is 14.6 Å². The fraction of sp³-hybridized carbons (Fsp3) is 0.364. The molecule has 0 spiro atoms. The van der Waals surface area contributed by atoms with Crippen molar-refractivity contribution in [2.24, 2.45) is 5.41 Å². The number of hydrogen-bond donors (Lipinski definition) is 1. The van der Waals surface area contributed by atoms with Crippen LogP contribution in [0.25, 0.3) is 16.3 Å². The van der Waals surface area contributed by atoms with Crippen molar-refractivity contribution in [3.63, 3.8) is 0 Å². The Balaban J connectivity index is 1.96. The number of fused-ring (bicyclic) bond motifs is 1. The van der Waals surface area contributed by atoms with Crippen molar-refractivity contribution in [1.82, 2.24) is 9.78 Å². The molecule has 1 aliphatic carbocycles. The van der Waals surface area contributed by atoms with Crippen molar-refractivity contribution in [2.75, 3.05) is 7.11 Å². The van der Waals surface area contributed by atoms with Gasteiger partial charge in [0.05, 0.1) is 34.6 Å². The topological polar surface area (TPSA) is 64.4 Å². The second-order valence-corrected chi connectivity index (χ2v) is 9.16. The molecule has 4 rings (SSSR count). The number of carbonyl (C=O) groups is 1. The average molecular weight is 397 g/mol. The van der Waals surface area contributed by atoms with E-state index in [1.807, 2.05) is 35.0 Å². The summed E-state index contributed by atoms with van der Waals surface area (Å²) in [5.74, 6) is -0.866. The van der Waals surface area contributed by atoms with Crippen LogP contribution in [0.15, 0.2) is 36.5 Å². The van der Waals surface area contributed by atoms with Gasteiger partial charge in [-0.25, -0.2) is 9.48 Å². The Kier molecular flexibility index (Phi) is 4.85. The van der Waals surface area contributed by atoms with Crippen LogP contribution in [-0.2, 0) is 24.2 Å². The zero-order valence-electron chi connectivity index (χ0n) is 16.4. The lowest BCUT2D eigenvalue weighted by Crippen LogP contribution is -2.22. The highest BCUT2D eigenvalue weighted by Crippen LogP contribution is 2.46. The van der Waals surface area contributed by atoms with Crippen LogP contribution in [0.5, 0.6) is 0 Å². The van der Waals surface area contributed by atoms with Crippen molar-refractivity contribution in [3.05, 3.63) is 58.1 Å². The van der Waals surface area contributed by atoms with E-state index in [0.29, 0.717) is 12.2 Å². The Labute approximate surface area is 168 Å². The highest BCUT2D eigenvalue weighted by Gasteiger charge is 2.34. The standard InChI is InChI=1S/C22H24N2O3S/c1-22(2)10-9-17-16(11-22)18(21(25)26)20(28-17)19-14(13-27-3)12-23-24(19)15-7-5-4-6-8-15/h4-8,12H,9-11,13H2,1-3H3,(H,25,26). The second kappa shape index (κ2) is 7.18. The monoisotopic (exact) mass is 396 g/mol. The van der Waals surface area contributed by atoms with Crippen LogP contribution in [-0.4, -0.2) is 28.0 Å². The number of ether oxygens (including phenoxy) is 1. The molecule has 0 saturated heterocycles. The number of benzene rings is 1. The molecule has 0 radical (unpaired) electrons. The normalized spacial score (nSPS) is 15.4. The van der Waals surface area contributed by atoms with E-state index in [9.17, 15) is 9.90 Å². The molecule has 0 amide bonds. The average Bonchev–Trinajstić information content (AvgIpc) is 3.22. The van der Waals surface area contributed by atoms with Crippen molar-refractivity contribution in [2.45, 2.75) is 39.7 Å². The molecular weight excluding hydrogens is 372 g/mol. The van der Waals surface area contributed by atoms with Gasteiger partial charge in [-0.1, -0.05) is 32.0 Å². The highest BCUT2D eigenvalue weighted by atomic mass is 32.1. The predicted molar refractivity (Wildman–Crippen MR) is 110 cm³/mol. The number of carboxylic acid groups (broad SMARTS) is 1. The summed E-state index contributed by atoms with van der Waals surface area (Å²) in [6.45, 7) is 4.81. The van der Waals surface area contributed by atoms with Gasteiger partial charge < -0.3 is 9.84 Å². The molecule has 0 saturated carbocycles. The SMILES string of the molecule is COCc1cnn(-c2ccccc2)c1-c1sc2c(c1C(=O)O)CC(C)(C)CC2. The fourth-order valence-corrected chi connectivity index (χ4v) is 5.34. The minimum absolute atomic E-state index is 0.116. The zero-order chi connectivity index (χ0) is 19.9. The number of aromatic carboxylic acids is 1. The Morgan fingerprint density at radius 1 is 1.32 bits per heavy atom. The number of thiophene rings is 1. The van der Waals surface area contributed by atoms with Crippen LogP contribution in [0.4, 0.5) is 0 Å². The first-order valence-corrected chi connectivity index (χ1v) is 10.2. The number of hydrogen-bond acceptors (Lipinski definition) is 4. The first kappa shape index (κ1) is 18.9. The van der Waals surface area contributed by atoms with E-state index in [4.69, 9.17) is 4.74 Å². The lowest BCUT2D eigenvalue weighted by Gasteiger charge is -2.29. The largest absolute Gasteiger partial charge is 0.478 e. The number of nitrogens with zero attached hydrogens (tertiary/aromatic N) is 2. The molecule has 0 atom stereocenters. The molecular formula is C22H24N2O3S. The van der Waals surface area contributed by atoms with Gasteiger partial charge in [0.1, 0.15) is 0 Å². The van der Waals surface area contributed by atoms with E-state index in [1.54, 1.807) is 24.6 Å². The first-order chi connectivity index (χ1) is 13.4. The van der Waals surface area contributed by atoms with Crippen molar-refractivity contribution >= 4 is 17.3 Å². The van der Waals surface area contributed by atoms with E-state index in [-0.39, 0.29) is 5.41 Å².